The van der Waals surface area contributed by atoms with Crippen molar-refractivity contribution in [2.24, 2.45) is 0 Å². The summed E-state index contributed by atoms with van der Waals surface area (Å²) in [7, 11) is 0. The maximum absolute atomic E-state index is 12.5. The predicted octanol–water partition coefficient (Wildman–Crippen LogP) is 5.32. The zero-order chi connectivity index (χ0) is 21.7. The maximum Gasteiger partial charge on any atom is 0.261 e. The van der Waals surface area contributed by atoms with Gasteiger partial charge in [0.05, 0.1) is 0 Å². The highest BCUT2D eigenvalue weighted by Crippen LogP contribution is 2.26. The Morgan fingerprint density at radius 1 is 1.13 bits per heavy atom. The molecular formula is C25H24ClN3O. The number of amides is 1. The van der Waals surface area contributed by atoms with Crippen molar-refractivity contribution in [2.45, 2.75) is 27.2 Å². The number of rotatable bonds is 6. The minimum Gasteiger partial charge on any atom is -0.351 e. The minimum absolute atomic E-state index is 0.0882. The Bertz CT molecular complexity index is 1140. The van der Waals surface area contributed by atoms with E-state index in [2.05, 4.69) is 9.88 Å². The van der Waals surface area contributed by atoms with E-state index in [1.165, 1.54) is 0 Å². The SMILES string of the molecule is Cc1ccc(-n2c(C)cc(/C=C(\C#N)C(=O)NCCc3ccccc3)c2C)cc1Cl. The molecule has 1 heterocycles. The highest BCUT2D eigenvalue weighted by Gasteiger charge is 2.14. The number of halogens is 1. The van der Waals surface area contributed by atoms with Crippen LogP contribution in [0.4, 0.5) is 0 Å². The number of aromatic nitrogens is 1. The van der Waals surface area contributed by atoms with Gasteiger partial charge in [0.15, 0.2) is 0 Å². The van der Waals surface area contributed by atoms with Crippen LogP contribution in [0.15, 0.2) is 60.2 Å². The Morgan fingerprint density at radius 2 is 1.87 bits per heavy atom. The molecule has 3 aromatic rings. The van der Waals surface area contributed by atoms with Crippen molar-refractivity contribution in [3.8, 4) is 11.8 Å². The molecule has 0 unspecified atom stereocenters. The van der Waals surface area contributed by atoms with Crippen LogP contribution in [0.3, 0.4) is 0 Å². The fraction of sp³-hybridized carbons (Fsp3) is 0.200. The molecule has 0 radical (unpaired) electrons. The smallest absolute Gasteiger partial charge is 0.261 e. The molecule has 0 atom stereocenters. The quantitative estimate of drug-likeness (QED) is 0.435. The molecule has 2 aromatic carbocycles. The van der Waals surface area contributed by atoms with Gasteiger partial charge < -0.3 is 9.88 Å². The zero-order valence-corrected chi connectivity index (χ0v) is 18.1. The number of carbonyl (C=O) groups excluding carboxylic acids is 1. The number of nitrogens with zero attached hydrogens (tertiary/aromatic N) is 2. The fourth-order valence-electron chi connectivity index (χ4n) is 3.42. The summed E-state index contributed by atoms with van der Waals surface area (Å²) in [6.45, 7) is 6.40. The van der Waals surface area contributed by atoms with Crippen molar-refractivity contribution in [1.82, 2.24) is 9.88 Å². The van der Waals surface area contributed by atoms with Crippen LogP contribution in [0.1, 0.15) is 28.1 Å². The van der Waals surface area contributed by atoms with E-state index in [0.29, 0.717) is 18.0 Å². The minimum atomic E-state index is -0.364. The summed E-state index contributed by atoms with van der Waals surface area (Å²) in [6, 6.07) is 19.8. The average Bonchev–Trinajstić information content (AvgIpc) is 3.02. The van der Waals surface area contributed by atoms with E-state index in [9.17, 15) is 10.1 Å². The second-order valence-electron chi connectivity index (χ2n) is 7.26. The second kappa shape index (κ2) is 9.47. The van der Waals surface area contributed by atoms with Gasteiger partial charge in [0.25, 0.3) is 5.91 Å². The monoisotopic (exact) mass is 417 g/mol. The summed E-state index contributed by atoms with van der Waals surface area (Å²) < 4.78 is 2.07. The van der Waals surface area contributed by atoms with Gasteiger partial charge in [-0.15, -0.1) is 0 Å². The average molecular weight is 418 g/mol. The highest BCUT2D eigenvalue weighted by atomic mass is 35.5. The number of benzene rings is 2. The third-order valence-electron chi connectivity index (χ3n) is 5.09. The first-order chi connectivity index (χ1) is 14.4. The molecule has 0 aliphatic heterocycles. The summed E-state index contributed by atoms with van der Waals surface area (Å²) in [5.41, 5.74) is 5.97. The van der Waals surface area contributed by atoms with E-state index >= 15 is 0 Å². The summed E-state index contributed by atoms with van der Waals surface area (Å²) in [5.74, 6) is -0.364. The molecular weight excluding hydrogens is 394 g/mol. The molecule has 0 aliphatic rings. The zero-order valence-electron chi connectivity index (χ0n) is 17.4. The molecule has 152 valence electrons. The third-order valence-corrected chi connectivity index (χ3v) is 5.50. The highest BCUT2D eigenvalue weighted by molar-refractivity contribution is 6.31. The van der Waals surface area contributed by atoms with Gasteiger partial charge in [0.2, 0.25) is 0 Å². The van der Waals surface area contributed by atoms with Gasteiger partial charge in [-0.05, 0) is 68.2 Å². The van der Waals surface area contributed by atoms with Crippen molar-refractivity contribution >= 4 is 23.6 Å². The Morgan fingerprint density at radius 3 is 2.53 bits per heavy atom. The Kier molecular flexibility index (Phi) is 6.76. The first kappa shape index (κ1) is 21.4. The van der Waals surface area contributed by atoms with Gasteiger partial charge in [-0.3, -0.25) is 4.79 Å². The second-order valence-corrected chi connectivity index (χ2v) is 7.66. The number of hydrogen-bond acceptors (Lipinski definition) is 2. The molecule has 0 fully saturated rings. The molecule has 0 aliphatic carbocycles. The molecule has 1 aromatic heterocycles. The molecule has 0 saturated carbocycles. The van der Waals surface area contributed by atoms with Gasteiger partial charge in [-0.1, -0.05) is 48.0 Å². The van der Waals surface area contributed by atoms with E-state index in [0.717, 1.165) is 33.8 Å². The van der Waals surface area contributed by atoms with Crippen LogP contribution in [0, 0.1) is 32.1 Å². The number of hydrogen-bond donors (Lipinski definition) is 1. The van der Waals surface area contributed by atoms with Crippen molar-refractivity contribution in [1.29, 1.82) is 5.26 Å². The van der Waals surface area contributed by atoms with Gasteiger partial charge in [-0.2, -0.15) is 5.26 Å². The lowest BCUT2D eigenvalue weighted by molar-refractivity contribution is -0.117. The Balaban J connectivity index is 1.79. The molecule has 0 spiro atoms. The van der Waals surface area contributed by atoms with E-state index in [1.54, 1.807) is 6.08 Å². The summed E-state index contributed by atoms with van der Waals surface area (Å²) in [4.78, 5) is 12.5. The molecule has 0 saturated heterocycles. The van der Waals surface area contributed by atoms with Gasteiger partial charge >= 0.3 is 0 Å². The van der Waals surface area contributed by atoms with E-state index in [4.69, 9.17) is 11.6 Å². The normalized spacial score (nSPS) is 11.2. The lowest BCUT2D eigenvalue weighted by Gasteiger charge is -2.11. The molecule has 4 nitrogen and oxygen atoms in total. The van der Waals surface area contributed by atoms with E-state index < -0.39 is 0 Å². The van der Waals surface area contributed by atoms with Crippen LogP contribution in [-0.4, -0.2) is 17.0 Å². The molecule has 5 heteroatoms. The van der Waals surface area contributed by atoms with Gasteiger partial charge in [0, 0.05) is 28.6 Å². The summed E-state index contributed by atoms with van der Waals surface area (Å²) in [6.07, 6.45) is 2.36. The van der Waals surface area contributed by atoms with Gasteiger partial charge in [0.1, 0.15) is 11.6 Å². The van der Waals surface area contributed by atoms with Crippen LogP contribution in [0.25, 0.3) is 11.8 Å². The predicted molar refractivity (Wildman–Crippen MR) is 122 cm³/mol. The first-order valence-electron chi connectivity index (χ1n) is 9.80. The first-order valence-corrected chi connectivity index (χ1v) is 10.2. The summed E-state index contributed by atoms with van der Waals surface area (Å²) >= 11 is 6.30. The van der Waals surface area contributed by atoms with E-state index in [-0.39, 0.29) is 11.5 Å². The van der Waals surface area contributed by atoms with Crippen molar-refractivity contribution in [3.63, 3.8) is 0 Å². The molecule has 1 N–H and O–H groups in total. The topological polar surface area (TPSA) is 57.8 Å². The fourth-order valence-corrected chi connectivity index (χ4v) is 3.59. The Hall–Kier alpha value is -3.29. The van der Waals surface area contributed by atoms with Crippen LogP contribution >= 0.6 is 11.6 Å². The van der Waals surface area contributed by atoms with Crippen LogP contribution in [-0.2, 0) is 11.2 Å². The third kappa shape index (κ3) is 4.82. The van der Waals surface area contributed by atoms with Crippen LogP contribution in [0.2, 0.25) is 5.02 Å². The number of nitriles is 1. The standard InChI is InChI=1S/C25H24ClN3O/c1-17-9-10-23(15-24(17)26)29-18(2)13-21(19(29)3)14-22(16-27)25(30)28-12-11-20-7-5-4-6-8-20/h4-10,13-15H,11-12H2,1-3H3,(H,28,30)/b22-14+. The van der Waals surface area contributed by atoms with Crippen molar-refractivity contribution in [2.75, 3.05) is 6.54 Å². The molecule has 0 bridgehead atoms. The Labute approximate surface area is 182 Å². The largest absolute Gasteiger partial charge is 0.351 e. The molecule has 1 amide bonds. The number of aryl methyl sites for hydroxylation is 2. The molecule has 3 rings (SSSR count). The van der Waals surface area contributed by atoms with Crippen molar-refractivity contribution < 1.29 is 4.79 Å². The molecule has 30 heavy (non-hydrogen) atoms. The number of nitrogens with one attached hydrogen (secondary N) is 1. The van der Waals surface area contributed by atoms with E-state index in [1.807, 2.05) is 81.4 Å². The summed E-state index contributed by atoms with van der Waals surface area (Å²) in [5, 5.41) is 13.1. The van der Waals surface area contributed by atoms with Gasteiger partial charge in [-0.25, -0.2) is 0 Å². The van der Waals surface area contributed by atoms with Crippen molar-refractivity contribution in [3.05, 3.63) is 93.3 Å². The van der Waals surface area contributed by atoms with Crippen LogP contribution in [0.5, 0.6) is 0 Å². The number of carbonyl (C=O) groups is 1. The lowest BCUT2D eigenvalue weighted by Crippen LogP contribution is -2.26. The lowest BCUT2D eigenvalue weighted by atomic mass is 10.1. The maximum atomic E-state index is 12.5. The van der Waals surface area contributed by atoms with Crippen LogP contribution < -0.4 is 5.32 Å².